The van der Waals surface area contributed by atoms with Crippen LogP contribution in [0.25, 0.3) is 0 Å². The molecule has 1 amide bonds. The second-order valence-electron chi connectivity index (χ2n) is 5.11. The lowest BCUT2D eigenvalue weighted by Crippen LogP contribution is -2.44. The number of likely N-dealkylation sites (tertiary alicyclic amines) is 1. The average Bonchev–Trinajstić information content (AvgIpc) is 2.61. The molecule has 0 radical (unpaired) electrons. The second kappa shape index (κ2) is 4.80. The Balaban J connectivity index is 1.95. The number of Topliss-reactive ketones (excluding diaryl/α,β-unsaturated/α-hetero) is 1. The van der Waals surface area contributed by atoms with E-state index in [0.29, 0.717) is 12.2 Å². The summed E-state index contributed by atoms with van der Waals surface area (Å²) < 4.78 is 5.41. The number of hydrogen-bond donors (Lipinski definition) is 0. The first-order chi connectivity index (χ1) is 8.49. The van der Waals surface area contributed by atoms with Crippen LogP contribution >= 0.6 is 0 Å². The van der Waals surface area contributed by atoms with E-state index in [-0.39, 0.29) is 24.8 Å². The minimum Gasteiger partial charge on any atom is -0.484 e. The summed E-state index contributed by atoms with van der Waals surface area (Å²) in [5, 5.41) is 0. The van der Waals surface area contributed by atoms with Crippen LogP contribution in [0, 0.1) is 0 Å². The van der Waals surface area contributed by atoms with Gasteiger partial charge in [-0.3, -0.25) is 9.59 Å². The number of para-hydroxylation sites is 1. The molecule has 1 aromatic carbocycles. The van der Waals surface area contributed by atoms with Crippen molar-refractivity contribution in [3.8, 4) is 5.75 Å². The Labute approximate surface area is 107 Å². The molecule has 1 saturated heterocycles. The van der Waals surface area contributed by atoms with Gasteiger partial charge in [0.05, 0.1) is 6.54 Å². The van der Waals surface area contributed by atoms with Crippen molar-refractivity contribution < 1.29 is 14.3 Å². The highest BCUT2D eigenvalue weighted by Gasteiger charge is 2.40. The van der Waals surface area contributed by atoms with E-state index >= 15 is 0 Å². The minimum atomic E-state index is -0.395. The first-order valence-electron chi connectivity index (χ1n) is 5.99. The molecule has 0 saturated carbocycles. The Morgan fingerprint density at radius 3 is 2.56 bits per heavy atom. The van der Waals surface area contributed by atoms with Crippen molar-refractivity contribution in [1.29, 1.82) is 0 Å². The molecule has 1 aromatic rings. The van der Waals surface area contributed by atoms with E-state index in [0.717, 1.165) is 0 Å². The van der Waals surface area contributed by atoms with Crippen LogP contribution in [0.15, 0.2) is 30.3 Å². The molecule has 0 atom stereocenters. The predicted octanol–water partition coefficient (Wildman–Crippen LogP) is 1.65. The SMILES string of the molecule is CC1(C)CC(=O)CN1C(=O)COc1ccccc1. The molecule has 4 heteroatoms. The highest BCUT2D eigenvalue weighted by Crippen LogP contribution is 2.26. The number of carbonyl (C=O) groups is 2. The maximum Gasteiger partial charge on any atom is 0.261 e. The molecule has 0 N–H and O–H groups in total. The molecule has 0 aliphatic carbocycles. The van der Waals surface area contributed by atoms with Crippen LogP contribution in [0.5, 0.6) is 5.75 Å². The van der Waals surface area contributed by atoms with Gasteiger partial charge in [0.2, 0.25) is 0 Å². The van der Waals surface area contributed by atoms with Crippen molar-refractivity contribution in [3.63, 3.8) is 0 Å². The number of carbonyl (C=O) groups excluding carboxylic acids is 2. The summed E-state index contributed by atoms with van der Waals surface area (Å²) in [7, 11) is 0. The quantitative estimate of drug-likeness (QED) is 0.815. The standard InChI is InChI=1S/C14H17NO3/c1-14(2)8-11(16)9-15(14)13(17)10-18-12-6-4-3-5-7-12/h3-7H,8-10H2,1-2H3. The van der Waals surface area contributed by atoms with Gasteiger partial charge in [-0.2, -0.15) is 0 Å². The zero-order valence-electron chi connectivity index (χ0n) is 10.7. The Morgan fingerprint density at radius 2 is 2.00 bits per heavy atom. The van der Waals surface area contributed by atoms with E-state index in [9.17, 15) is 9.59 Å². The van der Waals surface area contributed by atoms with Gasteiger partial charge in [0, 0.05) is 12.0 Å². The Kier molecular flexibility index (Phi) is 3.36. The van der Waals surface area contributed by atoms with E-state index in [1.165, 1.54) is 0 Å². The molecule has 1 heterocycles. The molecule has 0 unspecified atom stereocenters. The molecule has 2 rings (SSSR count). The fourth-order valence-corrected chi connectivity index (χ4v) is 2.19. The maximum absolute atomic E-state index is 12.0. The summed E-state index contributed by atoms with van der Waals surface area (Å²) in [4.78, 5) is 25.0. The summed E-state index contributed by atoms with van der Waals surface area (Å²) in [6.07, 6.45) is 0.421. The number of hydrogen-bond acceptors (Lipinski definition) is 3. The molecular weight excluding hydrogens is 230 g/mol. The van der Waals surface area contributed by atoms with Gasteiger partial charge in [-0.25, -0.2) is 0 Å². The van der Waals surface area contributed by atoms with Crippen LogP contribution in [0.1, 0.15) is 20.3 Å². The van der Waals surface area contributed by atoms with Crippen LogP contribution in [-0.2, 0) is 9.59 Å². The molecule has 0 spiro atoms. The Morgan fingerprint density at radius 1 is 1.33 bits per heavy atom. The minimum absolute atomic E-state index is 0.0271. The van der Waals surface area contributed by atoms with Crippen LogP contribution in [-0.4, -0.2) is 35.3 Å². The lowest BCUT2D eigenvalue weighted by molar-refractivity contribution is -0.137. The number of rotatable bonds is 3. The molecule has 96 valence electrons. The number of nitrogens with zero attached hydrogens (tertiary/aromatic N) is 1. The fraction of sp³-hybridized carbons (Fsp3) is 0.429. The van der Waals surface area contributed by atoms with Gasteiger partial charge >= 0.3 is 0 Å². The first-order valence-corrected chi connectivity index (χ1v) is 5.99. The monoisotopic (exact) mass is 247 g/mol. The van der Waals surface area contributed by atoms with Crippen molar-refractivity contribution in [2.75, 3.05) is 13.2 Å². The van der Waals surface area contributed by atoms with Crippen molar-refractivity contribution in [2.45, 2.75) is 25.8 Å². The van der Waals surface area contributed by atoms with E-state index in [1.54, 1.807) is 17.0 Å². The van der Waals surface area contributed by atoms with Gasteiger partial charge in [0.15, 0.2) is 12.4 Å². The van der Waals surface area contributed by atoms with Gasteiger partial charge < -0.3 is 9.64 Å². The molecule has 18 heavy (non-hydrogen) atoms. The molecule has 0 bridgehead atoms. The molecule has 0 aromatic heterocycles. The highest BCUT2D eigenvalue weighted by molar-refractivity contribution is 5.91. The van der Waals surface area contributed by atoms with Crippen molar-refractivity contribution in [3.05, 3.63) is 30.3 Å². The predicted molar refractivity (Wildman–Crippen MR) is 67.4 cm³/mol. The largest absolute Gasteiger partial charge is 0.484 e. The summed E-state index contributed by atoms with van der Waals surface area (Å²) in [5.41, 5.74) is -0.395. The molecule has 1 aliphatic heterocycles. The zero-order chi connectivity index (χ0) is 13.2. The first kappa shape index (κ1) is 12.6. The lowest BCUT2D eigenvalue weighted by Gasteiger charge is -2.30. The molecule has 1 aliphatic rings. The van der Waals surface area contributed by atoms with E-state index in [1.807, 2.05) is 32.0 Å². The van der Waals surface area contributed by atoms with Crippen molar-refractivity contribution in [1.82, 2.24) is 4.90 Å². The molecular formula is C14H17NO3. The van der Waals surface area contributed by atoms with Gasteiger partial charge in [-0.05, 0) is 26.0 Å². The van der Waals surface area contributed by atoms with Crippen LogP contribution in [0.4, 0.5) is 0 Å². The number of ketones is 1. The van der Waals surface area contributed by atoms with E-state index in [4.69, 9.17) is 4.74 Å². The van der Waals surface area contributed by atoms with Crippen molar-refractivity contribution in [2.24, 2.45) is 0 Å². The van der Waals surface area contributed by atoms with Gasteiger partial charge in [0.25, 0.3) is 5.91 Å². The topological polar surface area (TPSA) is 46.6 Å². The Bertz CT molecular complexity index is 453. The summed E-state index contributed by atoms with van der Waals surface area (Å²) in [6, 6.07) is 9.18. The fourth-order valence-electron chi connectivity index (χ4n) is 2.19. The number of benzene rings is 1. The van der Waals surface area contributed by atoms with Gasteiger partial charge in [-0.1, -0.05) is 18.2 Å². The third kappa shape index (κ3) is 2.70. The van der Waals surface area contributed by atoms with Crippen LogP contribution in [0.3, 0.4) is 0 Å². The summed E-state index contributed by atoms with van der Waals surface area (Å²) in [6.45, 7) is 3.97. The number of ether oxygens (including phenoxy) is 1. The summed E-state index contributed by atoms with van der Waals surface area (Å²) in [5.74, 6) is 0.622. The molecule has 4 nitrogen and oxygen atoms in total. The maximum atomic E-state index is 12.0. The lowest BCUT2D eigenvalue weighted by atomic mass is 10.0. The number of amides is 1. The normalized spacial score (nSPS) is 17.9. The molecule has 1 fully saturated rings. The van der Waals surface area contributed by atoms with Gasteiger partial charge in [-0.15, -0.1) is 0 Å². The zero-order valence-corrected chi connectivity index (χ0v) is 10.7. The highest BCUT2D eigenvalue weighted by atomic mass is 16.5. The second-order valence-corrected chi connectivity index (χ2v) is 5.11. The van der Waals surface area contributed by atoms with E-state index in [2.05, 4.69) is 0 Å². The third-order valence-corrected chi connectivity index (χ3v) is 3.10. The van der Waals surface area contributed by atoms with E-state index < -0.39 is 5.54 Å². The third-order valence-electron chi connectivity index (χ3n) is 3.10. The average molecular weight is 247 g/mol. The van der Waals surface area contributed by atoms with Crippen LogP contribution in [0.2, 0.25) is 0 Å². The van der Waals surface area contributed by atoms with Crippen molar-refractivity contribution >= 4 is 11.7 Å². The smallest absolute Gasteiger partial charge is 0.261 e. The summed E-state index contributed by atoms with van der Waals surface area (Å²) >= 11 is 0. The Hall–Kier alpha value is -1.84. The van der Waals surface area contributed by atoms with Crippen LogP contribution < -0.4 is 4.74 Å². The van der Waals surface area contributed by atoms with Gasteiger partial charge in [0.1, 0.15) is 5.75 Å².